The van der Waals surface area contributed by atoms with Gasteiger partial charge in [-0.05, 0) is 19.1 Å². The third kappa shape index (κ3) is 3.56. The molecule has 0 saturated heterocycles. The summed E-state index contributed by atoms with van der Waals surface area (Å²) in [6.45, 7) is 2.80. The topological polar surface area (TPSA) is 90.4 Å². The highest BCUT2D eigenvalue weighted by molar-refractivity contribution is 7.92. The molecule has 1 N–H and O–H groups in total. The van der Waals surface area contributed by atoms with E-state index in [1.807, 2.05) is 31.2 Å². The van der Waals surface area contributed by atoms with E-state index in [0.29, 0.717) is 30.4 Å². The Morgan fingerprint density at radius 3 is 2.41 bits per heavy atom. The highest BCUT2D eigenvalue weighted by Crippen LogP contribution is 2.33. The third-order valence-electron chi connectivity index (χ3n) is 4.08. The fourth-order valence-electron chi connectivity index (χ4n) is 2.71. The van der Waals surface area contributed by atoms with E-state index in [9.17, 15) is 8.42 Å². The molecule has 0 atom stereocenters. The molecule has 8 heteroatoms. The van der Waals surface area contributed by atoms with E-state index in [1.54, 1.807) is 6.07 Å². The lowest BCUT2D eigenvalue weighted by atomic mass is 10.1. The van der Waals surface area contributed by atoms with Crippen LogP contribution in [0, 0.1) is 6.92 Å². The first-order valence-electron chi connectivity index (χ1n) is 8.33. The largest absolute Gasteiger partial charge is 0.486 e. The molecule has 138 valence electrons. The van der Waals surface area contributed by atoms with Crippen molar-refractivity contribution < 1.29 is 17.9 Å². The number of sulfonamides is 1. The standard InChI is InChI=1S/C19H17N3O4S/c1-13-2-4-14(5-3-13)18-19(21-9-8-20-18)22-27(23,24)15-6-7-16-17(12-15)26-11-10-25-16/h2-9,12H,10-11H2,1H3,(H,21,22). The van der Waals surface area contributed by atoms with Crippen molar-refractivity contribution in [1.29, 1.82) is 0 Å². The average molecular weight is 383 g/mol. The zero-order valence-electron chi connectivity index (χ0n) is 14.5. The lowest BCUT2D eigenvalue weighted by Gasteiger charge is -2.19. The molecule has 4 rings (SSSR count). The molecule has 0 unspecified atom stereocenters. The fourth-order valence-corrected chi connectivity index (χ4v) is 3.74. The number of nitrogens with zero attached hydrogens (tertiary/aromatic N) is 2. The first-order valence-corrected chi connectivity index (χ1v) is 9.82. The highest BCUT2D eigenvalue weighted by Gasteiger charge is 2.21. The monoisotopic (exact) mass is 383 g/mol. The Hall–Kier alpha value is -3.13. The maximum atomic E-state index is 12.8. The summed E-state index contributed by atoms with van der Waals surface area (Å²) in [4.78, 5) is 8.52. The van der Waals surface area contributed by atoms with Crippen LogP contribution in [-0.2, 0) is 10.0 Å². The quantitative estimate of drug-likeness (QED) is 0.745. The van der Waals surface area contributed by atoms with Crippen LogP contribution in [0.2, 0.25) is 0 Å². The smallest absolute Gasteiger partial charge is 0.263 e. The summed E-state index contributed by atoms with van der Waals surface area (Å²) in [6.07, 6.45) is 2.97. The maximum absolute atomic E-state index is 12.8. The molecular formula is C19H17N3O4S. The zero-order chi connectivity index (χ0) is 18.9. The molecule has 0 saturated carbocycles. The molecule has 3 aromatic rings. The summed E-state index contributed by atoms with van der Waals surface area (Å²) < 4.78 is 39.1. The van der Waals surface area contributed by atoms with Gasteiger partial charge in [0.1, 0.15) is 18.9 Å². The van der Waals surface area contributed by atoms with Crippen LogP contribution < -0.4 is 14.2 Å². The van der Waals surface area contributed by atoms with Gasteiger partial charge in [-0.25, -0.2) is 13.4 Å². The summed E-state index contributed by atoms with van der Waals surface area (Å²) in [5.41, 5.74) is 2.33. The lowest BCUT2D eigenvalue weighted by Crippen LogP contribution is -2.18. The van der Waals surface area contributed by atoms with Crippen LogP contribution in [0.15, 0.2) is 59.8 Å². The van der Waals surface area contributed by atoms with E-state index < -0.39 is 10.0 Å². The van der Waals surface area contributed by atoms with Crippen molar-refractivity contribution in [3.63, 3.8) is 0 Å². The molecule has 2 heterocycles. The molecule has 0 aliphatic carbocycles. The van der Waals surface area contributed by atoms with Crippen LogP contribution in [0.5, 0.6) is 11.5 Å². The summed E-state index contributed by atoms with van der Waals surface area (Å²) in [5, 5.41) is 0. The molecule has 0 bridgehead atoms. The number of anilines is 1. The second kappa shape index (κ2) is 6.88. The van der Waals surface area contributed by atoms with E-state index >= 15 is 0 Å². The Bertz CT molecular complexity index is 1080. The minimum atomic E-state index is -3.87. The summed E-state index contributed by atoms with van der Waals surface area (Å²) in [6, 6.07) is 12.1. The number of aryl methyl sites for hydroxylation is 1. The molecule has 0 amide bonds. The summed E-state index contributed by atoms with van der Waals surface area (Å²) in [7, 11) is -3.87. The van der Waals surface area contributed by atoms with Gasteiger partial charge >= 0.3 is 0 Å². The highest BCUT2D eigenvalue weighted by atomic mass is 32.2. The van der Waals surface area contributed by atoms with Crippen molar-refractivity contribution in [2.24, 2.45) is 0 Å². The van der Waals surface area contributed by atoms with Gasteiger partial charge in [-0.15, -0.1) is 0 Å². The molecule has 1 aliphatic rings. The number of hydrogen-bond donors (Lipinski definition) is 1. The molecule has 2 aromatic carbocycles. The number of rotatable bonds is 4. The van der Waals surface area contributed by atoms with Crippen LogP contribution in [0.3, 0.4) is 0 Å². The second-order valence-electron chi connectivity index (χ2n) is 6.03. The van der Waals surface area contributed by atoms with Gasteiger partial charge in [-0.2, -0.15) is 0 Å². The molecule has 0 fully saturated rings. The van der Waals surface area contributed by atoms with E-state index in [1.165, 1.54) is 24.5 Å². The van der Waals surface area contributed by atoms with Crippen LogP contribution >= 0.6 is 0 Å². The SMILES string of the molecule is Cc1ccc(-c2nccnc2NS(=O)(=O)c2ccc3c(c2)OCCO3)cc1. The van der Waals surface area contributed by atoms with Gasteiger partial charge < -0.3 is 9.47 Å². The van der Waals surface area contributed by atoms with Gasteiger partial charge in [0, 0.05) is 24.0 Å². The minimum Gasteiger partial charge on any atom is -0.486 e. The number of nitrogens with one attached hydrogen (secondary N) is 1. The number of ether oxygens (including phenoxy) is 2. The van der Waals surface area contributed by atoms with Gasteiger partial charge in [0.05, 0.1) is 4.90 Å². The van der Waals surface area contributed by atoms with Crippen molar-refractivity contribution >= 4 is 15.8 Å². The number of hydrogen-bond acceptors (Lipinski definition) is 6. The second-order valence-corrected chi connectivity index (χ2v) is 7.71. The number of aromatic nitrogens is 2. The average Bonchev–Trinajstić information content (AvgIpc) is 2.68. The number of fused-ring (bicyclic) bond motifs is 1. The Morgan fingerprint density at radius 1 is 0.926 bits per heavy atom. The molecular weight excluding hydrogens is 366 g/mol. The predicted molar refractivity (Wildman–Crippen MR) is 100 cm³/mol. The van der Waals surface area contributed by atoms with Gasteiger partial charge in [-0.1, -0.05) is 29.8 Å². The predicted octanol–water partition coefficient (Wildman–Crippen LogP) is 3.02. The van der Waals surface area contributed by atoms with Gasteiger partial charge in [0.15, 0.2) is 17.3 Å². The summed E-state index contributed by atoms with van der Waals surface area (Å²) in [5.74, 6) is 1.10. The molecule has 27 heavy (non-hydrogen) atoms. The van der Waals surface area contributed by atoms with Crippen molar-refractivity contribution in [3.8, 4) is 22.8 Å². The van der Waals surface area contributed by atoms with Gasteiger partial charge in [0.2, 0.25) is 0 Å². The zero-order valence-corrected chi connectivity index (χ0v) is 15.4. The first-order chi connectivity index (χ1) is 13.0. The Labute approximate surface area is 157 Å². The Balaban J connectivity index is 1.68. The summed E-state index contributed by atoms with van der Waals surface area (Å²) >= 11 is 0. The number of benzene rings is 2. The van der Waals surface area contributed by atoms with Crippen LogP contribution in [0.1, 0.15) is 5.56 Å². The molecule has 0 spiro atoms. The van der Waals surface area contributed by atoms with Crippen molar-refractivity contribution in [3.05, 3.63) is 60.4 Å². The first kappa shape index (κ1) is 17.3. The maximum Gasteiger partial charge on any atom is 0.263 e. The normalized spacial score (nSPS) is 13.2. The van der Waals surface area contributed by atoms with Crippen LogP contribution in [0.25, 0.3) is 11.3 Å². The van der Waals surface area contributed by atoms with E-state index in [4.69, 9.17) is 9.47 Å². The Morgan fingerprint density at radius 2 is 1.63 bits per heavy atom. The van der Waals surface area contributed by atoms with E-state index in [2.05, 4.69) is 14.7 Å². The van der Waals surface area contributed by atoms with Gasteiger partial charge in [-0.3, -0.25) is 9.71 Å². The minimum absolute atomic E-state index is 0.0623. The lowest BCUT2D eigenvalue weighted by molar-refractivity contribution is 0.171. The van der Waals surface area contributed by atoms with Gasteiger partial charge in [0.25, 0.3) is 10.0 Å². The van der Waals surface area contributed by atoms with Crippen molar-refractivity contribution in [2.75, 3.05) is 17.9 Å². The van der Waals surface area contributed by atoms with Crippen LogP contribution in [-0.4, -0.2) is 31.6 Å². The molecule has 7 nitrogen and oxygen atoms in total. The van der Waals surface area contributed by atoms with Crippen molar-refractivity contribution in [1.82, 2.24) is 9.97 Å². The van der Waals surface area contributed by atoms with Crippen molar-refractivity contribution in [2.45, 2.75) is 11.8 Å². The molecule has 1 aliphatic heterocycles. The molecule has 1 aromatic heterocycles. The third-order valence-corrected chi connectivity index (χ3v) is 5.41. The van der Waals surface area contributed by atoms with E-state index in [0.717, 1.165) is 11.1 Å². The molecule has 0 radical (unpaired) electrons. The van der Waals surface area contributed by atoms with Crippen LogP contribution in [0.4, 0.5) is 5.82 Å². The van der Waals surface area contributed by atoms with E-state index in [-0.39, 0.29) is 10.7 Å². The Kier molecular flexibility index (Phi) is 4.41. The fraction of sp³-hybridized carbons (Fsp3) is 0.158.